The second kappa shape index (κ2) is 25.0. The molecule has 1 fully saturated rings. The highest BCUT2D eigenvalue weighted by atomic mass is 32.2. The number of hydrogen-bond donors (Lipinski definition) is 2. The first kappa shape index (κ1) is 55.8. The number of carbonyl (C=O) groups is 4. The van der Waals surface area contributed by atoms with Crippen LogP contribution in [0.2, 0.25) is 0 Å². The molecule has 19 heteroatoms. The SMILES string of the molecule is COc1ccc(COC(=O)C2=C(CSc3nc4c[n+](C)ccc4n3C)CS[C@@H]3C(NC(=O)/C(=N/O[C@@H](C)C(=O)OC(c4ccccc4)c4ccccc4)c4csc(NC(c5ccccc5)(c5ccccc5)c5ccccc5)n4)C(=O)N23)cc1. The molecule has 16 nitrogen and oxygen atoms in total. The summed E-state index contributed by atoms with van der Waals surface area (Å²) in [5, 5.41) is 13.2. The number of β-lactam (4-membered cyclic amide) rings is 1. The fraction of sp³-hybridized carbons (Fsp3) is 0.188. The summed E-state index contributed by atoms with van der Waals surface area (Å²) in [5.41, 5.74) is 6.36. The number of methoxy groups -OCH3 is 1. The van der Waals surface area contributed by atoms with Crippen LogP contribution in [0.4, 0.5) is 5.13 Å². The van der Waals surface area contributed by atoms with E-state index in [1.54, 1.807) is 36.8 Å². The molecule has 3 aromatic heterocycles. The minimum atomic E-state index is -1.32. The zero-order valence-electron chi connectivity index (χ0n) is 45.7. The van der Waals surface area contributed by atoms with Crippen molar-refractivity contribution < 1.29 is 42.8 Å². The number of benzene rings is 6. The lowest BCUT2D eigenvalue weighted by atomic mass is 9.77. The molecule has 0 aliphatic carbocycles. The van der Waals surface area contributed by atoms with Crippen LogP contribution in [0.15, 0.2) is 221 Å². The minimum absolute atomic E-state index is 0.0624. The lowest BCUT2D eigenvalue weighted by molar-refractivity contribution is -0.670. The van der Waals surface area contributed by atoms with Crippen molar-refractivity contribution in [2.24, 2.45) is 19.3 Å². The van der Waals surface area contributed by atoms with Crippen LogP contribution >= 0.6 is 34.9 Å². The molecular weight excluding hydrogens is 1100 g/mol. The van der Waals surface area contributed by atoms with Crippen molar-refractivity contribution in [3.63, 3.8) is 0 Å². The first-order valence-corrected chi connectivity index (χ1v) is 29.6. The van der Waals surface area contributed by atoms with Crippen LogP contribution in [-0.4, -0.2) is 85.0 Å². The van der Waals surface area contributed by atoms with Gasteiger partial charge < -0.3 is 34.2 Å². The Bertz CT molecular complexity index is 3710. The molecule has 9 aromatic rings. The van der Waals surface area contributed by atoms with Crippen LogP contribution in [0.5, 0.6) is 5.75 Å². The van der Waals surface area contributed by atoms with Crippen molar-refractivity contribution in [3.8, 4) is 5.75 Å². The highest BCUT2D eigenvalue weighted by Gasteiger charge is 2.55. The number of esters is 2. The number of carbonyl (C=O) groups excluding carboxylic acids is 4. The number of thioether (sulfide) groups is 2. The highest BCUT2D eigenvalue weighted by molar-refractivity contribution is 8.01. The molecule has 0 bridgehead atoms. The molecule has 6 aromatic carbocycles. The van der Waals surface area contributed by atoms with Gasteiger partial charge in [-0.1, -0.05) is 181 Å². The number of aromatic nitrogens is 4. The summed E-state index contributed by atoms with van der Waals surface area (Å²) in [7, 11) is 5.44. The van der Waals surface area contributed by atoms with E-state index in [1.807, 2.05) is 193 Å². The Morgan fingerprint density at radius 3 is 1.99 bits per heavy atom. The molecule has 3 atom stereocenters. The van der Waals surface area contributed by atoms with Gasteiger partial charge in [-0.3, -0.25) is 14.5 Å². The number of ether oxygens (including phenoxy) is 3. The predicted molar refractivity (Wildman–Crippen MR) is 320 cm³/mol. The number of hydrogen-bond acceptors (Lipinski definition) is 15. The number of oxime groups is 1. The van der Waals surface area contributed by atoms with Gasteiger partial charge in [0.25, 0.3) is 11.8 Å². The van der Waals surface area contributed by atoms with Crippen LogP contribution in [-0.2, 0) is 59.7 Å². The summed E-state index contributed by atoms with van der Waals surface area (Å²) in [5.74, 6) is -1.46. The van der Waals surface area contributed by atoms with Gasteiger partial charge in [0, 0.05) is 30.0 Å². The maximum atomic E-state index is 15.0. The molecule has 1 unspecified atom stereocenters. The predicted octanol–water partition coefficient (Wildman–Crippen LogP) is 9.90. The molecule has 2 N–H and O–H groups in total. The van der Waals surface area contributed by atoms with Crippen LogP contribution < -0.4 is 19.9 Å². The summed E-state index contributed by atoms with van der Waals surface area (Å²) in [4.78, 5) is 75.4. The Morgan fingerprint density at radius 2 is 1.40 bits per heavy atom. The van der Waals surface area contributed by atoms with Gasteiger partial charge in [0.05, 0.1) is 12.6 Å². The third kappa shape index (κ3) is 11.9. The van der Waals surface area contributed by atoms with Crippen molar-refractivity contribution in [1.82, 2.24) is 24.8 Å². The highest BCUT2D eigenvalue weighted by Crippen LogP contribution is 2.44. The monoisotopic (exact) mass is 1160 g/mol. The summed E-state index contributed by atoms with van der Waals surface area (Å²) in [6.45, 7) is 1.42. The van der Waals surface area contributed by atoms with Crippen LogP contribution in [0, 0.1) is 0 Å². The van der Waals surface area contributed by atoms with E-state index in [4.69, 9.17) is 29.0 Å². The van der Waals surface area contributed by atoms with Crippen molar-refractivity contribution in [2.75, 3.05) is 23.9 Å². The first-order valence-electron chi connectivity index (χ1n) is 26.7. The maximum absolute atomic E-state index is 15.0. The number of rotatable bonds is 21. The Labute approximate surface area is 492 Å². The van der Waals surface area contributed by atoms with Gasteiger partial charge in [0.2, 0.25) is 6.10 Å². The van der Waals surface area contributed by atoms with E-state index in [9.17, 15) is 14.4 Å². The average molecular weight is 1160 g/mol. The van der Waals surface area contributed by atoms with Crippen molar-refractivity contribution >= 4 is 80.5 Å². The largest absolute Gasteiger partial charge is 0.497 e. The van der Waals surface area contributed by atoms with Crippen LogP contribution in [0.1, 0.15) is 52.1 Å². The van der Waals surface area contributed by atoms with E-state index >= 15 is 4.79 Å². The quantitative estimate of drug-likeness (QED) is 0.0132. The second-order valence-electron chi connectivity index (χ2n) is 19.7. The molecule has 2 aliphatic rings. The minimum Gasteiger partial charge on any atom is -0.497 e. The third-order valence-electron chi connectivity index (χ3n) is 14.3. The van der Waals surface area contributed by atoms with Crippen LogP contribution in [0.25, 0.3) is 11.0 Å². The number of thiazole rings is 1. The lowest BCUT2D eigenvalue weighted by Gasteiger charge is -2.49. The summed E-state index contributed by atoms with van der Waals surface area (Å²) < 4.78 is 21.3. The average Bonchev–Trinajstić information content (AvgIpc) is 3.05. The zero-order chi connectivity index (χ0) is 57.5. The molecule has 0 saturated carbocycles. The molecule has 1 saturated heterocycles. The number of nitrogens with zero attached hydrogens (tertiary/aromatic N) is 6. The van der Waals surface area contributed by atoms with E-state index in [1.165, 1.54) is 46.7 Å². The van der Waals surface area contributed by atoms with Gasteiger partial charge in [0.15, 0.2) is 40.0 Å². The fourth-order valence-corrected chi connectivity index (χ4v) is 13.2. The number of aryl methyl sites for hydroxylation is 2. The summed E-state index contributed by atoms with van der Waals surface area (Å²) in [6.07, 6.45) is 1.81. The van der Waals surface area contributed by atoms with Crippen molar-refractivity contribution in [2.45, 2.75) is 47.8 Å². The number of nitrogens with one attached hydrogen (secondary N) is 2. The number of amides is 2. The standard InChI is InChI=1S/C64H56N8O8S3/c1-41(60(75)79-56(43-20-10-5-11-21-43)44-22-12-6-13-23-44)80-69-53(51-40-82-62(65-51)68-64(46-24-14-7-15-25-46,47-26-16-8-17-27-47)48-28-18-9-19-29-48)57(73)67-54-58(74)72-55(61(76)78-37-42-30-32-49(77-4)33-31-42)45(38-81-59(54)72)39-83-63-66-50-36-70(2)35-34-52(50)71(63)3/h5-36,40-41,54,56,59H,37-39H2,1-4H3,(H-,65,67,68,73)/p+1/b69-53+/t41-,54?,59+/m0/s1. The van der Waals surface area contributed by atoms with E-state index in [0.29, 0.717) is 28.0 Å². The normalized spacial score (nSPS) is 15.5. The van der Waals surface area contributed by atoms with E-state index in [2.05, 4.69) is 15.8 Å². The van der Waals surface area contributed by atoms with Gasteiger partial charge in [-0.2, -0.15) is 0 Å². The Kier molecular flexibility index (Phi) is 16.8. The van der Waals surface area contributed by atoms with Gasteiger partial charge >= 0.3 is 11.9 Å². The van der Waals surface area contributed by atoms with Crippen molar-refractivity contribution in [1.29, 1.82) is 0 Å². The molecule has 2 amide bonds. The van der Waals surface area contributed by atoms with Crippen molar-refractivity contribution in [3.05, 3.63) is 250 Å². The molecule has 5 heterocycles. The van der Waals surface area contributed by atoms with E-state index in [0.717, 1.165) is 49.6 Å². The molecule has 11 rings (SSSR count). The molecule has 418 valence electrons. The molecule has 2 aliphatic heterocycles. The lowest BCUT2D eigenvalue weighted by Crippen LogP contribution is -2.71. The Balaban J connectivity index is 0.901. The molecular formula is C64H57N8O8S3+. The van der Waals surface area contributed by atoms with Gasteiger partial charge in [-0.15, -0.1) is 23.1 Å². The molecule has 0 spiro atoms. The topological polar surface area (TPSA) is 179 Å². The molecule has 0 radical (unpaired) electrons. The first-order chi connectivity index (χ1) is 40.5. The van der Waals surface area contributed by atoms with E-state index in [-0.39, 0.29) is 23.7 Å². The number of imidazole rings is 1. The number of pyridine rings is 1. The van der Waals surface area contributed by atoms with E-state index < -0.39 is 52.9 Å². The van der Waals surface area contributed by atoms with Crippen LogP contribution in [0.3, 0.4) is 0 Å². The van der Waals surface area contributed by atoms with Gasteiger partial charge in [-0.05, 0) is 58.0 Å². The van der Waals surface area contributed by atoms with Gasteiger partial charge in [0.1, 0.15) is 47.7 Å². The third-order valence-corrected chi connectivity index (χ3v) is 17.5. The van der Waals surface area contributed by atoms with Gasteiger partial charge in [-0.25, -0.2) is 24.1 Å². The Morgan fingerprint density at radius 1 is 0.807 bits per heavy atom. The number of anilines is 1. The summed E-state index contributed by atoms with van der Waals surface area (Å²) >= 11 is 4.09. The molecule has 83 heavy (non-hydrogen) atoms. The fourth-order valence-electron chi connectivity index (χ4n) is 10.00. The zero-order valence-corrected chi connectivity index (χ0v) is 48.1. The smallest absolute Gasteiger partial charge is 0.355 e. The Hall–Kier alpha value is -9.04. The number of fused-ring (bicyclic) bond motifs is 2. The maximum Gasteiger partial charge on any atom is 0.355 e. The second-order valence-corrected chi connectivity index (χ2v) is 22.6. The summed E-state index contributed by atoms with van der Waals surface area (Å²) in [6, 6.07) is 56.7.